The molecule has 1 amide bonds. The number of anilines is 1. The topological polar surface area (TPSA) is 70.0 Å². The van der Waals surface area contributed by atoms with E-state index in [1.807, 2.05) is 0 Å². The van der Waals surface area contributed by atoms with Crippen molar-refractivity contribution in [2.75, 3.05) is 5.32 Å². The first-order chi connectivity index (χ1) is 12.1. The van der Waals surface area contributed by atoms with Gasteiger partial charge in [0.1, 0.15) is 0 Å². The first-order valence-electron chi connectivity index (χ1n) is 7.00. The highest BCUT2D eigenvalue weighted by Crippen LogP contribution is 2.30. The van der Waals surface area contributed by atoms with Crippen molar-refractivity contribution in [1.82, 2.24) is 0 Å². The van der Waals surface area contributed by atoms with Gasteiger partial charge in [0, 0.05) is 11.3 Å². The van der Waals surface area contributed by atoms with E-state index < -0.39 is 29.3 Å². The van der Waals surface area contributed by atoms with Gasteiger partial charge in [-0.1, -0.05) is 23.2 Å². The van der Waals surface area contributed by atoms with Crippen molar-refractivity contribution in [3.8, 4) is 6.07 Å². The third kappa shape index (κ3) is 4.54. The summed E-state index contributed by atoms with van der Waals surface area (Å²) in [6.45, 7) is 0. The highest BCUT2D eigenvalue weighted by atomic mass is 35.5. The van der Waals surface area contributed by atoms with Crippen LogP contribution in [0.3, 0.4) is 0 Å². The lowest BCUT2D eigenvalue weighted by Crippen LogP contribution is -2.28. The van der Waals surface area contributed by atoms with E-state index in [1.165, 1.54) is 18.2 Å². The molecule has 134 valence electrons. The van der Waals surface area contributed by atoms with Crippen LogP contribution in [0.4, 0.5) is 18.9 Å². The molecule has 2 aromatic rings. The molecular weight excluding hydrogens is 392 g/mol. The third-order valence-corrected chi connectivity index (χ3v) is 4.08. The summed E-state index contributed by atoms with van der Waals surface area (Å²) < 4.78 is 37.6. The van der Waals surface area contributed by atoms with E-state index in [9.17, 15) is 22.8 Å². The van der Waals surface area contributed by atoms with E-state index in [-0.39, 0.29) is 21.3 Å². The van der Waals surface area contributed by atoms with Crippen LogP contribution in [-0.4, -0.2) is 11.7 Å². The van der Waals surface area contributed by atoms with Crippen molar-refractivity contribution in [3.63, 3.8) is 0 Å². The maximum Gasteiger partial charge on any atom is 0.416 e. The van der Waals surface area contributed by atoms with Gasteiger partial charge in [0.05, 0.1) is 21.7 Å². The molecule has 2 aromatic carbocycles. The second-order valence-electron chi connectivity index (χ2n) is 5.12. The van der Waals surface area contributed by atoms with E-state index in [4.69, 9.17) is 28.5 Å². The summed E-state index contributed by atoms with van der Waals surface area (Å²) in [6.07, 6.45) is -4.51. The average molecular weight is 401 g/mol. The summed E-state index contributed by atoms with van der Waals surface area (Å²) in [5.41, 5.74) is -0.863. The van der Waals surface area contributed by atoms with Gasteiger partial charge >= 0.3 is 6.18 Å². The number of nitrogens with one attached hydrogen (secondary N) is 1. The van der Waals surface area contributed by atoms with Crippen LogP contribution in [0.1, 0.15) is 15.9 Å². The number of carbonyl (C=O) groups excluding carboxylic acids is 2. The van der Waals surface area contributed by atoms with Gasteiger partial charge in [0.25, 0.3) is 0 Å². The van der Waals surface area contributed by atoms with Crippen LogP contribution >= 0.6 is 23.2 Å². The molecule has 0 aliphatic rings. The second-order valence-corrected chi connectivity index (χ2v) is 5.93. The number of nitrogens with zero attached hydrogens (tertiary/aromatic N) is 1. The van der Waals surface area contributed by atoms with Crippen LogP contribution in [-0.2, 0) is 11.0 Å². The number of hydrogen-bond acceptors (Lipinski definition) is 3. The highest BCUT2D eigenvalue weighted by molar-refractivity contribution is 6.42. The van der Waals surface area contributed by atoms with Gasteiger partial charge in [0.2, 0.25) is 5.91 Å². The molecule has 26 heavy (non-hydrogen) atoms. The zero-order chi connectivity index (χ0) is 19.5. The minimum Gasteiger partial charge on any atom is -0.325 e. The largest absolute Gasteiger partial charge is 0.416 e. The zero-order valence-electron chi connectivity index (χ0n) is 12.8. The smallest absolute Gasteiger partial charge is 0.325 e. The van der Waals surface area contributed by atoms with E-state index in [1.54, 1.807) is 6.07 Å². The van der Waals surface area contributed by atoms with Gasteiger partial charge < -0.3 is 5.32 Å². The van der Waals surface area contributed by atoms with Crippen LogP contribution in [0, 0.1) is 17.2 Å². The van der Waals surface area contributed by atoms with Crippen molar-refractivity contribution in [1.29, 1.82) is 5.26 Å². The number of benzene rings is 2. The Labute approximate surface area is 156 Å². The summed E-state index contributed by atoms with van der Waals surface area (Å²) in [7, 11) is 0. The molecule has 1 atom stereocenters. The Morgan fingerprint density at radius 3 is 2.15 bits per heavy atom. The van der Waals surface area contributed by atoms with Crippen molar-refractivity contribution in [3.05, 3.63) is 63.6 Å². The maximum atomic E-state index is 12.5. The molecule has 0 saturated heterocycles. The molecule has 0 bridgehead atoms. The number of carbonyl (C=O) groups is 2. The summed E-state index contributed by atoms with van der Waals surface area (Å²) in [5, 5.41) is 11.7. The number of amides is 1. The Hall–Kier alpha value is -2.56. The predicted octanol–water partition coefficient (Wildman–Crippen LogP) is 4.97. The maximum absolute atomic E-state index is 12.5. The lowest BCUT2D eigenvalue weighted by Gasteiger charge is -2.11. The summed E-state index contributed by atoms with van der Waals surface area (Å²) >= 11 is 11.6. The van der Waals surface area contributed by atoms with Crippen LogP contribution in [0.25, 0.3) is 0 Å². The second kappa shape index (κ2) is 7.77. The fourth-order valence-electron chi connectivity index (χ4n) is 2.01. The minimum absolute atomic E-state index is 0.00789. The predicted molar refractivity (Wildman–Crippen MR) is 90.0 cm³/mol. The third-order valence-electron chi connectivity index (χ3n) is 3.34. The first kappa shape index (κ1) is 19.8. The number of alkyl halides is 3. The molecule has 2 rings (SSSR count). The number of rotatable bonds is 4. The summed E-state index contributed by atoms with van der Waals surface area (Å²) in [6, 6.07) is 9.06. The molecule has 0 aliphatic heterocycles. The zero-order valence-corrected chi connectivity index (χ0v) is 14.3. The van der Waals surface area contributed by atoms with Crippen molar-refractivity contribution in [2.24, 2.45) is 5.92 Å². The number of nitriles is 1. The molecule has 4 nitrogen and oxygen atoms in total. The molecule has 0 spiro atoms. The lowest BCUT2D eigenvalue weighted by molar-refractivity contribution is -0.137. The number of halogens is 5. The fraction of sp³-hybridized carbons (Fsp3) is 0.118. The van der Waals surface area contributed by atoms with Gasteiger partial charge in [0.15, 0.2) is 11.7 Å². The molecule has 0 aromatic heterocycles. The normalized spacial score (nSPS) is 12.2. The van der Waals surface area contributed by atoms with Crippen molar-refractivity contribution < 1.29 is 22.8 Å². The Morgan fingerprint density at radius 1 is 1.04 bits per heavy atom. The van der Waals surface area contributed by atoms with Crippen molar-refractivity contribution >= 4 is 40.6 Å². The Kier molecular flexibility index (Phi) is 5.90. The molecule has 1 N–H and O–H groups in total. The molecule has 0 fully saturated rings. The van der Waals surface area contributed by atoms with Crippen LogP contribution in [0.5, 0.6) is 0 Å². The van der Waals surface area contributed by atoms with E-state index >= 15 is 0 Å². The summed E-state index contributed by atoms with van der Waals surface area (Å²) in [4.78, 5) is 24.5. The SMILES string of the molecule is N#CC(C(=O)Nc1ccc(C(F)(F)F)cc1)C(=O)c1ccc(Cl)c(Cl)c1. The standard InChI is InChI=1S/C17H9Cl2F3N2O2/c18-13-6-1-9(7-14(13)19)15(25)12(8-23)16(26)24-11-4-2-10(3-5-11)17(20,21)22/h1-7,12H,(H,24,26). The molecular formula is C17H9Cl2F3N2O2. The molecule has 1 unspecified atom stereocenters. The van der Waals surface area contributed by atoms with Gasteiger partial charge in [-0.05, 0) is 42.5 Å². The molecule has 0 radical (unpaired) electrons. The molecule has 0 heterocycles. The molecule has 0 saturated carbocycles. The number of Topliss-reactive ketones (excluding diaryl/α,β-unsaturated/α-hetero) is 1. The fourth-order valence-corrected chi connectivity index (χ4v) is 2.31. The minimum atomic E-state index is -4.51. The number of ketones is 1. The van der Waals surface area contributed by atoms with E-state index in [0.29, 0.717) is 0 Å². The van der Waals surface area contributed by atoms with E-state index in [2.05, 4.69) is 5.32 Å². The quantitative estimate of drug-likeness (QED) is 0.581. The summed E-state index contributed by atoms with van der Waals surface area (Å²) in [5.74, 6) is -3.48. The van der Waals surface area contributed by atoms with Crippen LogP contribution in [0.15, 0.2) is 42.5 Å². The Bertz CT molecular complexity index is 890. The monoisotopic (exact) mass is 400 g/mol. The van der Waals surface area contributed by atoms with Crippen LogP contribution < -0.4 is 5.32 Å². The Morgan fingerprint density at radius 2 is 1.65 bits per heavy atom. The number of hydrogen-bond donors (Lipinski definition) is 1. The van der Waals surface area contributed by atoms with Crippen molar-refractivity contribution in [2.45, 2.75) is 6.18 Å². The van der Waals surface area contributed by atoms with Gasteiger partial charge in [-0.15, -0.1) is 0 Å². The molecule has 0 aliphatic carbocycles. The van der Waals surface area contributed by atoms with Gasteiger partial charge in [-0.25, -0.2) is 0 Å². The lowest BCUT2D eigenvalue weighted by atomic mass is 9.98. The first-order valence-corrected chi connectivity index (χ1v) is 7.76. The molecule has 9 heteroatoms. The average Bonchev–Trinajstić information content (AvgIpc) is 2.57. The van der Waals surface area contributed by atoms with E-state index in [0.717, 1.165) is 24.3 Å². The van der Waals surface area contributed by atoms with Gasteiger partial charge in [-0.2, -0.15) is 18.4 Å². The highest BCUT2D eigenvalue weighted by Gasteiger charge is 2.31. The van der Waals surface area contributed by atoms with Gasteiger partial charge in [-0.3, -0.25) is 9.59 Å². The van der Waals surface area contributed by atoms with Crippen LogP contribution in [0.2, 0.25) is 10.0 Å². The Balaban J connectivity index is 2.17.